The molecule has 0 aliphatic carbocycles. The highest BCUT2D eigenvalue weighted by Gasteiger charge is 2.08. The monoisotopic (exact) mass is 374 g/mol. The van der Waals surface area contributed by atoms with Crippen molar-refractivity contribution in [3.05, 3.63) is 20.8 Å². The summed E-state index contributed by atoms with van der Waals surface area (Å²) < 4.78 is 6.23. The van der Waals surface area contributed by atoms with Crippen molar-refractivity contribution in [3.63, 3.8) is 0 Å². The minimum atomic E-state index is -0.201. The van der Waals surface area contributed by atoms with E-state index in [0.29, 0.717) is 12.2 Å². The van der Waals surface area contributed by atoms with Gasteiger partial charge in [-0.15, -0.1) is 11.3 Å². The average Bonchev–Trinajstić information content (AvgIpc) is 2.91. The van der Waals surface area contributed by atoms with E-state index >= 15 is 0 Å². The zero-order chi connectivity index (χ0) is 15.3. The second-order valence-corrected chi connectivity index (χ2v) is 7.75. The molecule has 0 bridgehead atoms. The van der Waals surface area contributed by atoms with Gasteiger partial charge in [0.2, 0.25) is 0 Å². The van der Waals surface area contributed by atoms with E-state index < -0.39 is 0 Å². The summed E-state index contributed by atoms with van der Waals surface area (Å²) in [5.74, 6) is -0.201. The molecule has 0 unspecified atom stereocenters. The molecule has 0 aliphatic rings. The standard InChI is InChI=1S/C17H27BrO2S/c1-2-3-4-5-6-7-8-9-10-11-12-20-17(19)15-13-16(18)21-14-15/h13-14H,2-12H2,1H3. The van der Waals surface area contributed by atoms with E-state index in [4.69, 9.17) is 4.74 Å². The number of thiophene rings is 1. The number of ether oxygens (including phenoxy) is 1. The van der Waals surface area contributed by atoms with E-state index in [2.05, 4.69) is 22.9 Å². The lowest BCUT2D eigenvalue weighted by molar-refractivity contribution is 0.0498. The van der Waals surface area contributed by atoms with Gasteiger partial charge >= 0.3 is 5.97 Å². The van der Waals surface area contributed by atoms with Crippen molar-refractivity contribution in [1.82, 2.24) is 0 Å². The second-order valence-electron chi connectivity index (χ2n) is 5.46. The molecule has 4 heteroatoms. The van der Waals surface area contributed by atoms with Gasteiger partial charge in [0.25, 0.3) is 0 Å². The van der Waals surface area contributed by atoms with Gasteiger partial charge in [0.1, 0.15) is 0 Å². The molecule has 0 spiro atoms. The molecule has 1 aromatic heterocycles. The zero-order valence-corrected chi connectivity index (χ0v) is 15.4. The number of hydrogen-bond donors (Lipinski definition) is 0. The van der Waals surface area contributed by atoms with E-state index in [0.717, 1.165) is 16.6 Å². The van der Waals surface area contributed by atoms with Crippen LogP contribution in [-0.4, -0.2) is 12.6 Å². The summed E-state index contributed by atoms with van der Waals surface area (Å²) in [4.78, 5) is 11.7. The predicted molar refractivity (Wildman–Crippen MR) is 94.1 cm³/mol. The Morgan fingerprint density at radius 1 is 1.05 bits per heavy atom. The molecule has 0 radical (unpaired) electrons. The minimum Gasteiger partial charge on any atom is -0.462 e. The van der Waals surface area contributed by atoms with Crippen LogP contribution in [0, 0.1) is 0 Å². The van der Waals surface area contributed by atoms with Crippen molar-refractivity contribution in [2.24, 2.45) is 0 Å². The highest BCUT2D eigenvalue weighted by molar-refractivity contribution is 9.11. The summed E-state index contributed by atoms with van der Waals surface area (Å²) >= 11 is 4.86. The third-order valence-corrected chi connectivity index (χ3v) is 5.04. The number of halogens is 1. The summed E-state index contributed by atoms with van der Waals surface area (Å²) in [6.45, 7) is 2.80. The zero-order valence-electron chi connectivity index (χ0n) is 13.0. The lowest BCUT2D eigenvalue weighted by atomic mass is 10.1. The molecule has 0 saturated carbocycles. The molecule has 0 fully saturated rings. The Balaban J connectivity index is 1.87. The van der Waals surface area contributed by atoms with Crippen LogP contribution in [0.3, 0.4) is 0 Å². The Hall–Kier alpha value is -0.350. The number of carbonyl (C=O) groups is 1. The van der Waals surface area contributed by atoms with E-state index in [-0.39, 0.29) is 5.97 Å². The van der Waals surface area contributed by atoms with Crippen molar-refractivity contribution in [2.75, 3.05) is 6.61 Å². The molecule has 1 rings (SSSR count). The molecule has 0 aliphatic heterocycles. The number of hydrogen-bond acceptors (Lipinski definition) is 3. The summed E-state index contributed by atoms with van der Waals surface area (Å²) in [6.07, 6.45) is 12.9. The molecule has 0 N–H and O–H groups in total. The molecule has 120 valence electrons. The Kier molecular flexibility index (Phi) is 10.9. The highest BCUT2D eigenvalue weighted by Crippen LogP contribution is 2.21. The van der Waals surface area contributed by atoms with Gasteiger partial charge in [0.15, 0.2) is 0 Å². The van der Waals surface area contributed by atoms with Crippen LogP contribution in [0.5, 0.6) is 0 Å². The molecule has 0 saturated heterocycles. The summed E-state index contributed by atoms with van der Waals surface area (Å²) in [5, 5.41) is 1.82. The summed E-state index contributed by atoms with van der Waals surface area (Å²) in [5.41, 5.74) is 0.652. The van der Waals surface area contributed by atoms with E-state index in [1.807, 2.05) is 11.4 Å². The molecule has 0 atom stereocenters. The van der Waals surface area contributed by atoms with Gasteiger partial charge in [-0.2, -0.15) is 0 Å². The van der Waals surface area contributed by atoms with E-state index in [9.17, 15) is 4.79 Å². The Morgan fingerprint density at radius 3 is 2.14 bits per heavy atom. The van der Waals surface area contributed by atoms with Gasteiger partial charge in [-0.25, -0.2) is 4.79 Å². The van der Waals surface area contributed by atoms with Gasteiger partial charge in [0.05, 0.1) is 16.0 Å². The SMILES string of the molecule is CCCCCCCCCCCCOC(=O)c1csc(Br)c1. The van der Waals surface area contributed by atoms with Crippen LogP contribution in [0.15, 0.2) is 15.2 Å². The molecular formula is C17H27BrO2S. The number of carbonyl (C=O) groups excluding carboxylic acids is 1. The summed E-state index contributed by atoms with van der Waals surface area (Å²) in [6, 6.07) is 1.81. The third-order valence-electron chi connectivity index (χ3n) is 3.53. The normalized spacial score (nSPS) is 10.8. The Bertz CT molecular complexity index is 390. The number of esters is 1. The lowest BCUT2D eigenvalue weighted by Gasteiger charge is -2.04. The largest absolute Gasteiger partial charge is 0.462 e. The van der Waals surface area contributed by atoms with Crippen LogP contribution in [0.1, 0.15) is 81.5 Å². The highest BCUT2D eigenvalue weighted by atomic mass is 79.9. The first-order valence-electron chi connectivity index (χ1n) is 8.15. The first-order chi connectivity index (χ1) is 10.2. The first-order valence-corrected chi connectivity index (χ1v) is 9.82. The maximum Gasteiger partial charge on any atom is 0.339 e. The van der Waals surface area contributed by atoms with Crippen molar-refractivity contribution in [1.29, 1.82) is 0 Å². The first kappa shape index (κ1) is 18.7. The smallest absolute Gasteiger partial charge is 0.339 e. The lowest BCUT2D eigenvalue weighted by Crippen LogP contribution is -2.05. The minimum absolute atomic E-state index is 0.201. The molecule has 0 aromatic carbocycles. The molecule has 21 heavy (non-hydrogen) atoms. The van der Waals surface area contributed by atoms with E-state index in [1.165, 1.54) is 62.7 Å². The fourth-order valence-electron chi connectivity index (χ4n) is 2.25. The predicted octanol–water partition coefficient (Wildman–Crippen LogP) is 6.59. The van der Waals surface area contributed by atoms with Crippen molar-refractivity contribution in [2.45, 2.75) is 71.1 Å². The van der Waals surface area contributed by atoms with Crippen LogP contribution in [0.25, 0.3) is 0 Å². The second kappa shape index (κ2) is 12.2. The van der Waals surface area contributed by atoms with Crippen LogP contribution in [-0.2, 0) is 4.74 Å². The molecular weight excluding hydrogens is 348 g/mol. The van der Waals surface area contributed by atoms with Crippen LogP contribution >= 0.6 is 27.3 Å². The third kappa shape index (κ3) is 9.30. The molecule has 1 aromatic rings. The topological polar surface area (TPSA) is 26.3 Å². The van der Waals surface area contributed by atoms with Gasteiger partial charge in [-0.3, -0.25) is 0 Å². The van der Waals surface area contributed by atoms with Crippen molar-refractivity contribution >= 4 is 33.2 Å². The van der Waals surface area contributed by atoms with Gasteiger partial charge in [-0.1, -0.05) is 64.7 Å². The average molecular weight is 375 g/mol. The van der Waals surface area contributed by atoms with Gasteiger partial charge < -0.3 is 4.74 Å². The van der Waals surface area contributed by atoms with Crippen LogP contribution < -0.4 is 0 Å². The molecule has 2 nitrogen and oxygen atoms in total. The molecule has 0 amide bonds. The van der Waals surface area contributed by atoms with Crippen LogP contribution in [0.4, 0.5) is 0 Å². The summed E-state index contributed by atoms with van der Waals surface area (Å²) in [7, 11) is 0. The van der Waals surface area contributed by atoms with Crippen LogP contribution in [0.2, 0.25) is 0 Å². The molecule has 1 heterocycles. The maximum absolute atomic E-state index is 11.7. The fourth-order valence-corrected chi connectivity index (χ4v) is 3.38. The maximum atomic E-state index is 11.7. The number of unbranched alkanes of at least 4 members (excludes halogenated alkanes) is 9. The van der Waals surface area contributed by atoms with Crippen molar-refractivity contribution < 1.29 is 9.53 Å². The van der Waals surface area contributed by atoms with E-state index in [1.54, 1.807) is 0 Å². The fraction of sp³-hybridized carbons (Fsp3) is 0.706. The van der Waals surface area contributed by atoms with Gasteiger partial charge in [-0.05, 0) is 28.4 Å². The quantitative estimate of drug-likeness (QED) is 0.304. The number of rotatable bonds is 12. The van der Waals surface area contributed by atoms with Gasteiger partial charge in [0, 0.05) is 5.38 Å². The Morgan fingerprint density at radius 2 is 1.62 bits per heavy atom. The Labute approximate surface area is 141 Å². The van der Waals surface area contributed by atoms with Crippen molar-refractivity contribution in [3.8, 4) is 0 Å².